The molecule has 1 aliphatic rings. The molecule has 3 aromatic rings. The van der Waals surface area contributed by atoms with Crippen molar-refractivity contribution in [3.63, 3.8) is 0 Å². The highest BCUT2D eigenvalue weighted by atomic mass is 16.3. The number of benzene rings is 3. The second-order valence-corrected chi connectivity index (χ2v) is 7.10. The molecular weight excluding hydrogens is 362 g/mol. The van der Waals surface area contributed by atoms with Crippen molar-refractivity contribution in [3.05, 3.63) is 101 Å². The zero-order valence-electron chi connectivity index (χ0n) is 15.8. The Kier molecular flexibility index (Phi) is 4.92. The van der Waals surface area contributed by atoms with Gasteiger partial charge < -0.3 is 15.9 Å². The van der Waals surface area contributed by atoms with E-state index in [-0.39, 0.29) is 11.5 Å². The van der Waals surface area contributed by atoms with Gasteiger partial charge in [0.1, 0.15) is 11.5 Å². The summed E-state index contributed by atoms with van der Waals surface area (Å²) in [5.41, 5.74) is 12.7. The molecule has 0 fully saturated rings. The molecule has 0 atom stereocenters. The first-order valence-corrected chi connectivity index (χ1v) is 9.44. The van der Waals surface area contributed by atoms with E-state index >= 15 is 0 Å². The minimum absolute atomic E-state index is 0.239. The summed E-state index contributed by atoms with van der Waals surface area (Å²) in [5.74, 6) is 0.0261. The normalized spacial score (nSPS) is 13.5. The Labute approximate surface area is 169 Å². The van der Waals surface area contributed by atoms with Crippen LogP contribution in [0, 0.1) is 0 Å². The van der Waals surface area contributed by atoms with Crippen LogP contribution in [-0.4, -0.2) is 16.1 Å². The van der Waals surface area contributed by atoms with Crippen molar-refractivity contribution in [3.8, 4) is 11.5 Å². The molecule has 29 heavy (non-hydrogen) atoms. The molecule has 0 heterocycles. The highest BCUT2D eigenvalue weighted by Crippen LogP contribution is 2.41. The fourth-order valence-electron chi connectivity index (χ4n) is 3.80. The number of carbonyl (C=O) groups is 1. The van der Waals surface area contributed by atoms with Crippen molar-refractivity contribution in [2.24, 2.45) is 5.73 Å². The van der Waals surface area contributed by atoms with Gasteiger partial charge in [0.05, 0.1) is 0 Å². The van der Waals surface area contributed by atoms with Crippen LogP contribution in [0.4, 0.5) is 0 Å². The van der Waals surface area contributed by atoms with Crippen molar-refractivity contribution in [1.29, 1.82) is 0 Å². The third-order valence-electron chi connectivity index (χ3n) is 5.16. The maximum atomic E-state index is 11.0. The number of allylic oxidation sites excluding steroid dienone is 1. The standard InChI is InChI=1S/C25H21NO3/c26-24(29)14-3-16-1-4-18(5-2-16)25-22(17-6-9-20(27)10-7-17)12-8-19-15-21(28)11-13-23(19)25/h1-7,9-11,13-15,27-28H,8,12H2,(H2,26,29). The summed E-state index contributed by atoms with van der Waals surface area (Å²) in [6.45, 7) is 0. The van der Waals surface area contributed by atoms with Crippen LogP contribution in [-0.2, 0) is 11.2 Å². The van der Waals surface area contributed by atoms with Crippen molar-refractivity contribution in [2.75, 3.05) is 0 Å². The van der Waals surface area contributed by atoms with Crippen LogP contribution < -0.4 is 5.73 Å². The van der Waals surface area contributed by atoms with Crippen LogP contribution in [0.3, 0.4) is 0 Å². The van der Waals surface area contributed by atoms with Gasteiger partial charge in [-0.25, -0.2) is 0 Å². The van der Waals surface area contributed by atoms with Crippen LogP contribution in [0.25, 0.3) is 17.2 Å². The van der Waals surface area contributed by atoms with Gasteiger partial charge in [0, 0.05) is 6.08 Å². The van der Waals surface area contributed by atoms with E-state index in [1.165, 1.54) is 11.6 Å². The molecule has 0 aromatic heterocycles. The lowest BCUT2D eigenvalue weighted by molar-refractivity contribution is -0.113. The highest BCUT2D eigenvalue weighted by molar-refractivity contribution is 6.01. The van der Waals surface area contributed by atoms with Gasteiger partial charge in [-0.2, -0.15) is 0 Å². The SMILES string of the molecule is NC(=O)C=Cc1ccc(C2=C(c3ccc(O)cc3)CCc3cc(O)ccc32)cc1. The van der Waals surface area contributed by atoms with E-state index in [2.05, 4.69) is 0 Å². The molecule has 4 nitrogen and oxygen atoms in total. The van der Waals surface area contributed by atoms with Gasteiger partial charge in [-0.3, -0.25) is 4.79 Å². The molecule has 4 heteroatoms. The summed E-state index contributed by atoms with van der Waals surface area (Å²) in [6.07, 6.45) is 4.70. The van der Waals surface area contributed by atoms with Crippen LogP contribution in [0.1, 0.15) is 34.2 Å². The summed E-state index contributed by atoms with van der Waals surface area (Å²) in [5, 5.41) is 19.6. The number of primary amides is 1. The number of aromatic hydroxyl groups is 2. The molecule has 3 aromatic carbocycles. The van der Waals surface area contributed by atoms with Gasteiger partial charge in [0.15, 0.2) is 0 Å². The Hall–Kier alpha value is -3.79. The summed E-state index contributed by atoms with van der Waals surface area (Å²) in [4.78, 5) is 11.0. The number of hydrogen-bond acceptors (Lipinski definition) is 3. The Morgan fingerprint density at radius 1 is 0.828 bits per heavy atom. The molecule has 0 saturated carbocycles. The first-order chi connectivity index (χ1) is 14.0. The fraction of sp³-hybridized carbons (Fsp3) is 0.0800. The van der Waals surface area contributed by atoms with Gasteiger partial charge in [0.2, 0.25) is 5.91 Å². The molecule has 0 bridgehead atoms. The lowest BCUT2D eigenvalue weighted by atomic mass is 9.79. The van der Waals surface area contributed by atoms with Crippen molar-refractivity contribution in [1.82, 2.24) is 0 Å². The van der Waals surface area contributed by atoms with Crippen LogP contribution in [0.5, 0.6) is 11.5 Å². The minimum atomic E-state index is -0.479. The summed E-state index contributed by atoms with van der Waals surface area (Å²) in [6, 6.07) is 20.7. The highest BCUT2D eigenvalue weighted by Gasteiger charge is 2.21. The number of fused-ring (bicyclic) bond motifs is 1. The monoisotopic (exact) mass is 383 g/mol. The summed E-state index contributed by atoms with van der Waals surface area (Å²) < 4.78 is 0. The van der Waals surface area contributed by atoms with E-state index in [1.807, 2.05) is 48.5 Å². The third kappa shape index (κ3) is 3.92. The number of phenols is 2. The largest absolute Gasteiger partial charge is 0.508 e. The number of phenolic OH excluding ortho intramolecular Hbond substituents is 2. The number of rotatable bonds is 4. The van der Waals surface area contributed by atoms with Gasteiger partial charge in [-0.1, -0.05) is 42.5 Å². The molecule has 4 rings (SSSR count). The average molecular weight is 383 g/mol. The van der Waals surface area contributed by atoms with E-state index in [0.717, 1.165) is 46.2 Å². The molecule has 0 saturated heterocycles. The second-order valence-electron chi connectivity index (χ2n) is 7.10. The van der Waals surface area contributed by atoms with Crippen molar-refractivity contribution in [2.45, 2.75) is 12.8 Å². The maximum absolute atomic E-state index is 11.0. The second kappa shape index (κ2) is 7.68. The topological polar surface area (TPSA) is 83.6 Å². The molecular formula is C25H21NO3. The van der Waals surface area contributed by atoms with E-state index in [0.29, 0.717) is 0 Å². The first-order valence-electron chi connectivity index (χ1n) is 9.44. The molecule has 0 unspecified atom stereocenters. The Morgan fingerprint density at radius 3 is 2.17 bits per heavy atom. The molecule has 0 aliphatic heterocycles. The van der Waals surface area contributed by atoms with E-state index < -0.39 is 5.91 Å². The van der Waals surface area contributed by atoms with Crippen LogP contribution in [0.2, 0.25) is 0 Å². The van der Waals surface area contributed by atoms with Gasteiger partial charge >= 0.3 is 0 Å². The summed E-state index contributed by atoms with van der Waals surface area (Å²) in [7, 11) is 0. The van der Waals surface area contributed by atoms with Gasteiger partial charge in [-0.05, 0) is 82.1 Å². The number of hydrogen-bond donors (Lipinski definition) is 3. The fourth-order valence-corrected chi connectivity index (χ4v) is 3.80. The van der Waals surface area contributed by atoms with Crippen LogP contribution >= 0.6 is 0 Å². The number of carbonyl (C=O) groups excluding carboxylic acids is 1. The predicted octanol–water partition coefficient (Wildman–Crippen LogP) is 4.50. The van der Waals surface area contributed by atoms with Gasteiger partial charge in [-0.15, -0.1) is 0 Å². The third-order valence-corrected chi connectivity index (χ3v) is 5.16. The number of nitrogens with two attached hydrogens (primary N) is 1. The van der Waals surface area contributed by atoms with E-state index in [4.69, 9.17) is 5.73 Å². The number of aryl methyl sites for hydroxylation is 1. The number of amides is 1. The first kappa shape index (κ1) is 18.6. The smallest absolute Gasteiger partial charge is 0.241 e. The molecule has 1 aliphatic carbocycles. The zero-order chi connectivity index (χ0) is 20.4. The molecule has 1 amide bonds. The molecule has 144 valence electrons. The van der Waals surface area contributed by atoms with Gasteiger partial charge in [0.25, 0.3) is 0 Å². The Balaban J connectivity index is 1.86. The molecule has 0 radical (unpaired) electrons. The maximum Gasteiger partial charge on any atom is 0.241 e. The minimum Gasteiger partial charge on any atom is -0.508 e. The van der Waals surface area contributed by atoms with Crippen LogP contribution in [0.15, 0.2) is 72.8 Å². The quantitative estimate of drug-likeness (QED) is 0.580. The average Bonchev–Trinajstić information content (AvgIpc) is 2.72. The molecule has 0 spiro atoms. The van der Waals surface area contributed by atoms with E-state index in [9.17, 15) is 15.0 Å². The Morgan fingerprint density at radius 2 is 1.48 bits per heavy atom. The lowest BCUT2D eigenvalue weighted by Gasteiger charge is -2.25. The zero-order valence-corrected chi connectivity index (χ0v) is 15.8. The Bertz CT molecular complexity index is 1120. The summed E-state index contributed by atoms with van der Waals surface area (Å²) >= 11 is 0. The van der Waals surface area contributed by atoms with E-state index in [1.54, 1.807) is 24.3 Å². The van der Waals surface area contributed by atoms with Crippen molar-refractivity contribution >= 4 is 23.1 Å². The molecule has 4 N–H and O–H groups in total. The predicted molar refractivity (Wildman–Crippen MR) is 115 cm³/mol. The van der Waals surface area contributed by atoms with Crippen molar-refractivity contribution < 1.29 is 15.0 Å². The lowest BCUT2D eigenvalue weighted by Crippen LogP contribution is -2.06.